The number of nitrogens with zero attached hydrogens (tertiary/aromatic N) is 2. The van der Waals surface area contributed by atoms with Gasteiger partial charge in [-0.3, -0.25) is 4.79 Å². The molecular formula is C21H23N3OS2. The normalized spacial score (nSPS) is 10.7. The van der Waals surface area contributed by atoms with Gasteiger partial charge >= 0.3 is 0 Å². The third kappa shape index (κ3) is 5.65. The fourth-order valence-electron chi connectivity index (χ4n) is 2.60. The minimum absolute atomic E-state index is 0.116. The van der Waals surface area contributed by atoms with E-state index in [9.17, 15) is 4.79 Å². The molecule has 3 aromatic rings. The second kappa shape index (κ2) is 9.67. The zero-order chi connectivity index (χ0) is 19.1. The predicted octanol–water partition coefficient (Wildman–Crippen LogP) is 5.91. The Morgan fingerprint density at radius 2 is 1.89 bits per heavy atom. The maximum atomic E-state index is 12.4. The van der Waals surface area contributed by atoms with E-state index < -0.39 is 0 Å². The first kappa shape index (κ1) is 19.6. The molecule has 6 heteroatoms. The number of thioether (sulfide) groups is 1. The highest BCUT2D eigenvalue weighted by molar-refractivity contribution is 8.01. The lowest BCUT2D eigenvalue weighted by atomic mass is 10.1. The summed E-state index contributed by atoms with van der Waals surface area (Å²) in [6, 6.07) is 16.0. The number of Topliss-reactive ketones (excluding diaryl/α,β-unsaturated/α-hetero) is 1. The standard InChI is InChI=1S/C21H23N3OS2/c1-3-4-8-16-10-12-17(13-11-16)19(25)14-26-21-24-23-20(27-21)22-18-9-6-5-7-15(18)2/h5-7,9-13H,3-4,8,14H2,1-2H3,(H,22,23). The Balaban J connectivity index is 1.53. The number of unbranched alkanes of at least 4 members (excludes halogenated alkanes) is 1. The monoisotopic (exact) mass is 397 g/mol. The fraction of sp³-hybridized carbons (Fsp3) is 0.286. The number of hydrogen-bond acceptors (Lipinski definition) is 6. The molecule has 27 heavy (non-hydrogen) atoms. The van der Waals surface area contributed by atoms with E-state index in [0.717, 1.165) is 32.7 Å². The second-order valence-electron chi connectivity index (χ2n) is 6.33. The first-order chi connectivity index (χ1) is 13.2. The summed E-state index contributed by atoms with van der Waals surface area (Å²) >= 11 is 2.89. The van der Waals surface area contributed by atoms with E-state index >= 15 is 0 Å². The van der Waals surface area contributed by atoms with E-state index in [2.05, 4.69) is 34.6 Å². The lowest BCUT2D eigenvalue weighted by molar-refractivity contribution is 0.102. The summed E-state index contributed by atoms with van der Waals surface area (Å²) in [4.78, 5) is 12.4. The van der Waals surface area contributed by atoms with Crippen LogP contribution in [0.3, 0.4) is 0 Å². The van der Waals surface area contributed by atoms with Crippen LogP contribution in [0.1, 0.15) is 41.3 Å². The number of nitrogens with one attached hydrogen (secondary N) is 1. The minimum Gasteiger partial charge on any atom is -0.330 e. The Morgan fingerprint density at radius 3 is 2.63 bits per heavy atom. The van der Waals surface area contributed by atoms with Crippen LogP contribution >= 0.6 is 23.1 Å². The van der Waals surface area contributed by atoms with Crippen molar-refractivity contribution in [2.24, 2.45) is 0 Å². The number of ketones is 1. The van der Waals surface area contributed by atoms with Crippen LogP contribution in [0.15, 0.2) is 52.9 Å². The molecule has 0 bridgehead atoms. The molecule has 0 saturated carbocycles. The summed E-state index contributed by atoms with van der Waals surface area (Å²) in [5.41, 5.74) is 4.21. The Bertz CT molecular complexity index is 890. The number of benzene rings is 2. The highest BCUT2D eigenvalue weighted by Gasteiger charge is 2.11. The molecule has 0 aliphatic carbocycles. The van der Waals surface area contributed by atoms with Crippen molar-refractivity contribution in [3.8, 4) is 0 Å². The minimum atomic E-state index is 0.116. The molecule has 0 radical (unpaired) electrons. The first-order valence-corrected chi connectivity index (χ1v) is 10.9. The summed E-state index contributed by atoms with van der Waals surface area (Å²) in [5.74, 6) is 0.485. The van der Waals surface area contributed by atoms with Crippen molar-refractivity contribution in [1.82, 2.24) is 10.2 Å². The molecular weight excluding hydrogens is 374 g/mol. The van der Waals surface area contributed by atoms with Crippen LogP contribution in [0.25, 0.3) is 0 Å². The molecule has 0 saturated heterocycles. The lowest BCUT2D eigenvalue weighted by Crippen LogP contribution is -2.02. The summed E-state index contributed by atoms with van der Waals surface area (Å²) < 4.78 is 0.791. The molecule has 1 aromatic heterocycles. The molecule has 1 heterocycles. The fourth-order valence-corrected chi connectivity index (χ4v) is 4.25. The molecule has 0 spiro atoms. The average molecular weight is 398 g/mol. The average Bonchev–Trinajstić information content (AvgIpc) is 3.14. The van der Waals surface area contributed by atoms with Crippen LogP contribution in [0, 0.1) is 6.92 Å². The SMILES string of the molecule is CCCCc1ccc(C(=O)CSc2nnc(Nc3ccccc3C)s2)cc1. The van der Waals surface area contributed by atoms with Gasteiger partial charge in [0.05, 0.1) is 5.75 Å². The van der Waals surface area contributed by atoms with Crippen LogP contribution in [0.2, 0.25) is 0 Å². The zero-order valence-electron chi connectivity index (χ0n) is 15.6. The number of carbonyl (C=O) groups is 1. The van der Waals surface area contributed by atoms with Crippen LogP contribution in [-0.4, -0.2) is 21.7 Å². The van der Waals surface area contributed by atoms with Crippen molar-refractivity contribution in [2.45, 2.75) is 37.4 Å². The number of hydrogen-bond donors (Lipinski definition) is 1. The van der Waals surface area contributed by atoms with Crippen molar-refractivity contribution < 1.29 is 4.79 Å². The maximum absolute atomic E-state index is 12.4. The van der Waals surface area contributed by atoms with Gasteiger partial charge in [0.1, 0.15) is 0 Å². The number of carbonyl (C=O) groups excluding carboxylic acids is 1. The molecule has 1 N–H and O–H groups in total. The van der Waals surface area contributed by atoms with Gasteiger partial charge in [0, 0.05) is 11.3 Å². The van der Waals surface area contributed by atoms with Crippen molar-refractivity contribution in [2.75, 3.05) is 11.1 Å². The molecule has 0 atom stereocenters. The van der Waals surface area contributed by atoms with Crippen molar-refractivity contribution in [3.63, 3.8) is 0 Å². The van der Waals surface area contributed by atoms with Gasteiger partial charge in [0.15, 0.2) is 10.1 Å². The van der Waals surface area contributed by atoms with Gasteiger partial charge in [-0.15, -0.1) is 10.2 Å². The molecule has 140 valence electrons. The van der Waals surface area contributed by atoms with E-state index in [4.69, 9.17) is 0 Å². The van der Waals surface area contributed by atoms with Crippen LogP contribution in [0.5, 0.6) is 0 Å². The lowest BCUT2D eigenvalue weighted by Gasteiger charge is -2.04. The number of para-hydroxylation sites is 1. The van der Waals surface area contributed by atoms with Crippen LogP contribution in [-0.2, 0) is 6.42 Å². The van der Waals surface area contributed by atoms with Crippen LogP contribution in [0.4, 0.5) is 10.8 Å². The number of aromatic nitrogens is 2. The first-order valence-electron chi connectivity index (χ1n) is 9.07. The molecule has 0 unspecified atom stereocenters. The Labute approximate surface area is 168 Å². The topological polar surface area (TPSA) is 54.9 Å². The summed E-state index contributed by atoms with van der Waals surface area (Å²) in [5, 5.41) is 12.4. The summed E-state index contributed by atoms with van der Waals surface area (Å²) in [6.07, 6.45) is 3.43. The highest BCUT2D eigenvalue weighted by atomic mass is 32.2. The summed E-state index contributed by atoms with van der Waals surface area (Å²) in [6.45, 7) is 4.23. The van der Waals surface area contributed by atoms with Crippen LogP contribution < -0.4 is 5.32 Å². The van der Waals surface area contributed by atoms with Gasteiger partial charge < -0.3 is 5.32 Å². The smallest absolute Gasteiger partial charge is 0.210 e. The molecule has 0 aliphatic heterocycles. The molecule has 2 aromatic carbocycles. The van der Waals surface area contributed by atoms with E-state index in [0.29, 0.717) is 5.75 Å². The second-order valence-corrected chi connectivity index (χ2v) is 8.53. The van der Waals surface area contributed by atoms with Crippen molar-refractivity contribution >= 4 is 39.7 Å². The Morgan fingerprint density at radius 1 is 1.11 bits per heavy atom. The highest BCUT2D eigenvalue weighted by Crippen LogP contribution is 2.29. The Hall–Kier alpha value is -2.18. The number of aryl methyl sites for hydroxylation is 2. The quantitative estimate of drug-likeness (QED) is 0.359. The Kier molecular flexibility index (Phi) is 7.01. The maximum Gasteiger partial charge on any atom is 0.210 e. The van der Waals surface area contributed by atoms with E-state index in [1.165, 1.54) is 41.5 Å². The molecule has 0 fully saturated rings. The number of anilines is 2. The third-order valence-electron chi connectivity index (χ3n) is 4.21. The predicted molar refractivity (Wildman–Crippen MR) is 114 cm³/mol. The van der Waals surface area contributed by atoms with E-state index in [1.54, 1.807) is 0 Å². The van der Waals surface area contributed by atoms with Gasteiger partial charge in [0.25, 0.3) is 0 Å². The van der Waals surface area contributed by atoms with Gasteiger partial charge in [-0.25, -0.2) is 0 Å². The van der Waals surface area contributed by atoms with Gasteiger partial charge in [-0.1, -0.05) is 78.9 Å². The number of rotatable bonds is 9. The zero-order valence-corrected chi connectivity index (χ0v) is 17.2. The molecule has 4 nitrogen and oxygen atoms in total. The van der Waals surface area contributed by atoms with Crippen molar-refractivity contribution in [3.05, 3.63) is 65.2 Å². The van der Waals surface area contributed by atoms with E-state index in [1.807, 2.05) is 43.3 Å². The largest absolute Gasteiger partial charge is 0.330 e. The molecule has 0 amide bonds. The molecule has 3 rings (SSSR count). The van der Waals surface area contributed by atoms with Gasteiger partial charge in [-0.05, 0) is 37.0 Å². The van der Waals surface area contributed by atoms with E-state index in [-0.39, 0.29) is 5.78 Å². The summed E-state index contributed by atoms with van der Waals surface area (Å²) in [7, 11) is 0. The van der Waals surface area contributed by atoms with Crippen molar-refractivity contribution in [1.29, 1.82) is 0 Å². The van der Waals surface area contributed by atoms with Gasteiger partial charge in [-0.2, -0.15) is 0 Å². The third-order valence-corrected chi connectivity index (χ3v) is 6.19. The van der Waals surface area contributed by atoms with Gasteiger partial charge in [0.2, 0.25) is 5.13 Å². The molecule has 0 aliphatic rings.